The maximum Gasteiger partial charge on any atom is 0.407 e. The number of nitrogens with one attached hydrogen (secondary N) is 1. The Labute approximate surface area is 136 Å². The smallest absolute Gasteiger partial charge is 0.407 e. The Bertz CT molecular complexity index is 509. The van der Waals surface area contributed by atoms with Gasteiger partial charge in [0.15, 0.2) is 0 Å². The molecule has 0 unspecified atom stereocenters. The summed E-state index contributed by atoms with van der Waals surface area (Å²) in [5.74, 6) is -0.486. The predicted molar refractivity (Wildman–Crippen MR) is 85.9 cm³/mol. The Kier molecular flexibility index (Phi) is 7.03. The van der Waals surface area contributed by atoms with Crippen molar-refractivity contribution in [3.05, 3.63) is 35.9 Å². The standard InChI is InChI=1S/C17H25NO5/c1-12(19)22-11-15(20)14(10-13-8-6-5-7-9-13)18-16(21)23-17(2,3)4/h5-9,14-15,20H,10-11H2,1-4H3,(H,18,21)/t14-,15-/m0/s1. The van der Waals surface area contributed by atoms with Crippen LogP contribution in [0.5, 0.6) is 0 Å². The Morgan fingerprint density at radius 1 is 1.22 bits per heavy atom. The van der Waals surface area contributed by atoms with E-state index >= 15 is 0 Å². The number of hydrogen-bond acceptors (Lipinski definition) is 5. The molecule has 128 valence electrons. The summed E-state index contributed by atoms with van der Waals surface area (Å²) in [5.41, 5.74) is 0.304. The molecule has 0 radical (unpaired) electrons. The molecule has 6 nitrogen and oxygen atoms in total. The quantitative estimate of drug-likeness (QED) is 0.783. The monoisotopic (exact) mass is 323 g/mol. The first-order chi connectivity index (χ1) is 10.7. The maximum atomic E-state index is 11.9. The zero-order valence-electron chi connectivity index (χ0n) is 14.0. The molecular weight excluding hydrogens is 298 g/mol. The highest BCUT2D eigenvalue weighted by atomic mass is 16.6. The lowest BCUT2D eigenvalue weighted by Gasteiger charge is -2.26. The number of alkyl carbamates (subject to hydrolysis) is 1. The van der Waals surface area contributed by atoms with Gasteiger partial charge in [-0.1, -0.05) is 30.3 Å². The van der Waals surface area contributed by atoms with E-state index in [1.807, 2.05) is 30.3 Å². The number of rotatable bonds is 6. The molecule has 0 saturated carbocycles. The second kappa shape index (κ2) is 8.53. The van der Waals surface area contributed by atoms with Crippen LogP contribution in [0, 0.1) is 0 Å². The van der Waals surface area contributed by atoms with Crippen LogP contribution < -0.4 is 5.32 Å². The average molecular weight is 323 g/mol. The topological polar surface area (TPSA) is 84.9 Å². The SMILES string of the molecule is CC(=O)OC[C@H](O)[C@H](Cc1ccccc1)NC(=O)OC(C)(C)C. The molecule has 1 aromatic rings. The number of aliphatic hydroxyl groups is 1. The Morgan fingerprint density at radius 3 is 2.35 bits per heavy atom. The fourth-order valence-corrected chi connectivity index (χ4v) is 1.93. The Balaban J connectivity index is 2.74. The number of esters is 1. The fraction of sp³-hybridized carbons (Fsp3) is 0.529. The molecule has 0 aliphatic rings. The first-order valence-electron chi connectivity index (χ1n) is 7.52. The van der Waals surface area contributed by atoms with Gasteiger partial charge in [0, 0.05) is 6.92 Å². The Hall–Kier alpha value is -2.08. The summed E-state index contributed by atoms with van der Waals surface area (Å²) < 4.78 is 10.0. The van der Waals surface area contributed by atoms with Gasteiger partial charge in [0.2, 0.25) is 0 Å². The summed E-state index contributed by atoms with van der Waals surface area (Å²) in [6.45, 7) is 6.35. The van der Waals surface area contributed by atoms with E-state index in [2.05, 4.69) is 5.32 Å². The van der Waals surface area contributed by atoms with Crippen molar-refractivity contribution in [2.24, 2.45) is 0 Å². The third-order valence-electron chi connectivity index (χ3n) is 2.92. The van der Waals surface area contributed by atoms with Gasteiger partial charge in [0.05, 0.1) is 6.04 Å². The van der Waals surface area contributed by atoms with Crippen molar-refractivity contribution in [3.8, 4) is 0 Å². The largest absolute Gasteiger partial charge is 0.463 e. The van der Waals surface area contributed by atoms with Crippen LogP contribution in [0.2, 0.25) is 0 Å². The van der Waals surface area contributed by atoms with E-state index in [1.54, 1.807) is 20.8 Å². The van der Waals surface area contributed by atoms with Crippen molar-refractivity contribution in [1.82, 2.24) is 5.32 Å². The summed E-state index contributed by atoms with van der Waals surface area (Å²) >= 11 is 0. The first-order valence-corrected chi connectivity index (χ1v) is 7.52. The number of hydrogen-bond donors (Lipinski definition) is 2. The molecule has 0 aromatic heterocycles. The van der Waals surface area contributed by atoms with Crippen LogP contribution in [0.1, 0.15) is 33.3 Å². The zero-order chi connectivity index (χ0) is 17.5. The minimum atomic E-state index is -1.04. The highest BCUT2D eigenvalue weighted by molar-refractivity contribution is 5.68. The molecule has 2 atom stereocenters. The van der Waals surface area contributed by atoms with Crippen LogP contribution in [-0.4, -0.2) is 41.5 Å². The lowest BCUT2D eigenvalue weighted by molar-refractivity contribution is -0.144. The summed E-state index contributed by atoms with van der Waals surface area (Å²) in [7, 11) is 0. The second-order valence-corrected chi connectivity index (χ2v) is 6.31. The predicted octanol–water partition coefficient (Wildman–Crippen LogP) is 2.05. The molecule has 23 heavy (non-hydrogen) atoms. The van der Waals surface area contributed by atoms with Gasteiger partial charge < -0.3 is 19.9 Å². The summed E-state index contributed by atoms with van der Waals surface area (Å²) in [6, 6.07) is 8.78. The van der Waals surface area contributed by atoms with Gasteiger partial charge in [0.1, 0.15) is 18.3 Å². The number of carbonyl (C=O) groups is 2. The average Bonchev–Trinajstić information content (AvgIpc) is 2.43. The van der Waals surface area contributed by atoms with Crippen LogP contribution in [-0.2, 0) is 20.7 Å². The minimum absolute atomic E-state index is 0.192. The molecule has 6 heteroatoms. The third-order valence-corrected chi connectivity index (χ3v) is 2.92. The summed E-state index contributed by atoms with van der Waals surface area (Å²) in [5, 5.41) is 12.9. The van der Waals surface area contributed by atoms with Gasteiger partial charge in [-0.2, -0.15) is 0 Å². The second-order valence-electron chi connectivity index (χ2n) is 6.31. The van der Waals surface area contributed by atoms with Crippen molar-refractivity contribution in [1.29, 1.82) is 0 Å². The lowest BCUT2D eigenvalue weighted by atomic mass is 10.0. The highest BCUT2D eigenvalue weighted by Crippen LogP contribution is 2.10. The molecule has 1 rings (SSSR count). The van der Waals surface area contributed by atoms with Crippen LogP contribution in [0.25, 0.3) is 0 Å². The third kappa shape index (κ3) is 8.21. The first kappa shape index (κ1) is 19.0. The maximum absolute atomic E-state index is 11.9. The van der Waals surface area contributed by atoms with Gasteiger partial charge in [-0.3, -0.25) is 4.79 Å². The van der Waals surface area contributed by atoms with Gasteiger partial charge in [-0.05, 0) is 32.8 Å². The zero-order valence-corrected chi connectivity index (χ0v) is 14.0. The number of carbonyl (C=O) groups excluding carboxylic acids is 2. The van der Waals surface area contributed by atoms with E-state index in [1.165, 1.54) is 6.92 Å². The van der Waals surface area contributed by atoms with Crippen LogP contribution in [0.15, 0.2) is 30.3 Å². The molecule has 2 N–H and O–H groups in total. The minimum Gasteiger partial charge on any atom is -0.463 e. The van der Waals surface area contributed by atoms with E-state index in [9.17, 15) is 14.7 Å². The molecule has 0 saturated heterocycles. The molecule has 0 aliphatic carbocycles. The Morgan fingerprint density at radius 2 is 1.83 bits per heavy atom. The normalized spacial score (nSPS) is 13.8. The number of benzene rings is 1. The van der Waals surface area contributed by atoms with Gasteiger partial charge in [-0.15, -0.1) is 0 Å². The van der Waals surface area contributed by atoms with Crippen molar-refractivity contribution in [2.75, 3.05) is 6.61 Å². The van der Waals surface area contributed by atoms with Crippen molar-refractivity contribution < 1.29 is 24.2 Å². The van der Waals surface area contributed by atoms with E-state index in [0.29, 0.717) is 6.42 Å². The molecular formula is C17H25NO5. The van der Waals surface area contributed by atoms with Gasteiger partial charge in [0.25, 0.3) is 0 Å². The summed E-state index contributed by atoms with van der Waals surface area (Å²) in [4.78, 5) is 22.8. The van der Waals surface area contributed by atoms with Crippen molar-refractivity contribution in [2.45, 2.75) is 51.9 Å². The number of ether oxygens (including phenoxy) is 2. The van der Waals surface area contributed by atoms with Crippen molar-refractivity contribution in [3.63, 3.8) is 0 Å². The molecule has 0 aliphatic heterocycles. The molecule has 0 spiro atoms. The van der Waals surface area contributed by atoms with Crippen molar-refractivity contribution >= 4 is 12.1 Å². The van der Waals surface area contributed by atoms with Gasteiger partial charge >= 0.3 is 12.1 Å². The molecule has 0 fully saturated rings. The summed E-state index contributed by atoms with van der Waals surface area (Å²) in [6.07, 6.45) is -1.27. The van der Waals surface area contributed by atoms with E-state index in [-0.39, 0.29) is 6.61 Å². The lowest BCUT2D eigenvalue weighted by Crippen LogP contribution is -2.48. The fourth-order valence-electron chi connectivity index (χ4n) is 1.93. The molecule has 1 amide bonds. The molecule has 0 heterocycles. The van der Waals surface area contributed by atoms with E-state index in [4.69, 9.17) is 9.47 Å². The van der Waals surface area contributed by atoms with Crippen LogP contribution in [0.3, 0.4) is 0 Å². The number of aliphatic hydroxyl groups excluding tert-OH is 1. The van der Waals surface area contributed by atoms with Gasteiger partial charge in [-0.25, -0.2) is 4.79 Å². The van der Waals surface area contributed by atoms with E-state index in [0.717, 1.165) is 5.56 Å². The molecule has 1 aromatic carbocycles. The molecule has 0 bridgehead atoms. The highest BCUT2D eigenvalue weighted by Gasteiger charge is 2.25. The van der Waals surface area contributed by atoms with Crippen LogP contribution >= 0.6 is 0 Å². The van der Waals surface area contributed by atoms with E-state index < -0.39 is 29.8 Å². The van der Waals surface area contributed by atoms with Crippen LogP contribution in [0.4, 0.5) is 4.79 Å². The number of amides is 1.